The van der Waals surface area contributed by atoms with Gasteiger partial charge in [-0.1, -0.05) is 17.8 Å². The van der Waals surface area contributed by atoms with E-state index in [0.29, 0.717) is 17.5 Å². The predicted octanol–water partition coefficient (Wildman–Crippen LogP) is 3.11. The molecular formula is C17H13N3O4. The van der Waals surface area contributed by atoms with E-state index >= 15 is 0 Å². The molecule has 7 heteroatoms. The van der Waals surface area contributed by atoms with Gasteiger partial charge in [0.25, 0.3) is 0 Å². The molecule has 0 amide bonds. The van der Waals surface area contributed by atoms with E-state index in [1.54, 1.807) is 36.5 Å². The summed E-state index contributed by atoms with van der Waals surface area (Å²) < 4.78 is 10.6. The summed E-state index contributed by atoms with van der Waals surface area (Å²) in [6.45, 7) is 3.43. The van der Waals surface area contributed by atoms with Crippen molar-refractivity contribution < 1.29 is 19.2 Å². The Hall–Kier alpha value is -3.48. The Bertz CT molecular complexity index is 857. The van der Waals surface area contributed by atoms with E-state index in [1.807, 2.05) is 12.1 Å². The third kappa shape index (κ3) is 3.64. The Balaban J connectivity index is 1.71. The molecule has 0 radical (unpaired) electrons. The lowest BCUT2D eigenvalue weighted by atomic mass is 10.2. The fraction of sp³-hybridized carbons (Fsp3) is 0.0588. The number of carboxylic acids is 1. The molecule has 1 N–H and O–H groups in total. The number of pyridine rings is 1. The summed E-state index contributed by atoms with van der Waals surface area (Å²) in [5.41, 5.74) is 0.712. The number of aromatic nitrogens is 3. The number of benzene rings is 1. The van der Waals surface area contributed by atoms with Crippen molar-refractivity contribution in [1.29, 1.82) is 0 Å². The van der Waals surface area contributed by atoms with E-state index in [0.717, 1.165) is 5.56 Å². The summed E-state index contributed by atoms with van der Waals surface area (Å²) in [4.78, 5) is 19.0. The zero-order valence-corrected chi connectivity index (χ0v) is 12.5. The summed E-state index contributed by atoms with van der Waals surface area (Å²) in [5, 5.41) is 12.6. The van der Waals surface area contributed by atoms with E-state index in [1.165, 1.54) is 0 Å². The lowest BCUT2D eigenvalue weighted by Gasteiger charge is -2.04. The number of ether oxygens (including phenoxy) is 1. The first-order valence-corrected chi connectivity index (χ1v) is 7.05. The minimum atomic E-state index is -1.09. The standard InChI is InChI=1S/C17H13N3O4/c1-11(17(21)22)10-15-19-16(20-24-15)12-5-7-13(8-6-12)23-14-4-2-3-9-18-14/h2-9H,1,10H2,(H,21,22). The van der Waals surface area contributed by atoms with Gasteiger partial charge in [0.05, 0.1) is 6.42 Å². The smallest absolute Gasteiger partial charge is 0.331 e. The number of hydrogen-bond donors (Lipinski definition) is 1. The highest BCUT2D eigenvalue weighted by molar-refractivity contribution is 5.86. The van der Waals surface area contributed by atoms with Gasteiger partial charge >= 0.3 is 5.97 Å². The minimum Gasteiger partial charge on any atom is -0.478 e. The predicted molar refractivity (Wildman–Crippen MR) is 84.5 cm³/mol. The number of carboxylic acid groups (broad SMARTS) is 1. The van der Waals surface area contributed by atoms with Crippen LogP contribution in [-0.4, -0.2) is 26.2 Å². The Morgan fingerprint density at radius 1 is 1.21 bits per heavy atom. The Morgan fingerprint density at radius 2 is 2.00 bits per heavy atom. The molecule has 0 atom stereocenters. The lowest BCUT2D eigenvalue weighted by molar-refractivity contribution is -0.132. The van der Waals surface area contributed by atoms with Crippen molar-refractivity contribution in [3.8, 4) is 23.0 Å². The van der Waals surface area contributed by atoms with Crippen LogP contribution in [0, 0.1) is 0 Å². The van der Waals surface area contributed by atoms with Crippen LogP contribution in [0.3, 0.4) is 0 Å². The van der Waals surface area contributed by atoms with Crippen LogP contribution in [0.4, 0.5) is 0 Å². The van der Waals surface area contributed by atoms with Crippen LogP contribution < -0.4 is 4.74 Å². The highest BCUT2D eigenvalue weighted by Crippen LogP contribution is 2.23. The SMILES string of the molecule is C=C(Cc1nc(-c2ccc(Oc3ccccn3)cc2)no1)C(=O)O. The highest BCUT2D eigenvalue weighted by Gasteiger charge is 2.13. The zero-order valence-electron chi connectivity index (χ0n) is 12.5. The molecule has 0 unspecified atom stereocenters. The highest BCUT2D eigenvalue weighted by atomic mass is 16.5. The van der Waals surface area contributed by atoms with Crippen molar-refractivity contribution in [1.82, 2.24) is 15.1 Å². The number of nitrogens with zero attached hydrogens (tertiary/aromatic N) is 3. The molecule has 0 aliphatic carbocycles. The molecule has 3 aromatic rings. The summed E-state index contributed by atoms with van der Waals surface area (Å²) in [5.74, 6) is 0.601. The topological polar surface area (TPSA) is 98.3 Å². The number of rotatable bonds is 6. The van der Waals surface area contributed by atoms with Gasteiger partial charge in [0.1, 0.15) is 5.75 Å². The van der Waals surface area contributed by atoms with Gasteiger partial charge in [0, 0.05) is 23.4 Å². The van der Waals surface area contributed by atoms with Gasteiger partial charge in [-0.2, -0.15) is 4.98 Å². The molecule has 3 rings (SSSR count). The van der Waals surface area contributed by atoms with Crippen LogP contribution in [0.1, 0.15) is 5.89 Å². The van der Waals surface area contributed by atoms with Crippen molar-refractivity contribution in [2.45, 2.75) is 6.42 Å². The summed E-state index contributed by atoms with van der Waals surface area (Å²) >= 11 is 0. The average Bonchev–Trinajstić information content (AvgIpc) is 3.05. The van der Waals surface area contributed by atoms with E-state index in [-0.39, 0.29) is 17.9 Å². The molecule has 2 heterocycles. The van der Waals surface area contributed by atoms with Gasteiger partial charge in [-0.05, 0) is 30.3 Å². The van der Waals surface area contributed by atoms with Crippen LogP contribution in [0.2, 0.25) is 0 Å². The Morgan fingerprint density at radius 3 is 2.67 bits per heavy atom. The molecule has 7 nitrogen and oxygen atoms in total. The number of hydrogen-bond acceptors (Lipinski definition) is 6. The quantitative estimate of drug-likeness (QED) is 0.696. The molecule has 24 heavy (non-hydrogen) atoms. The third-order valence-electron chi connectivity index (χ3n) is 3.11. The minimum absolute atomic E-state index is 0.00318. The fourth-order valence-electron chi connectivity index (χ4n) is 1.90. The van der Waals surface area contributed by atoms with Crippen LogP contribution in [0.15, 0.2) is 65.3 Å². The van der Waals surface area contributed by atoms with Crippen molar-refractivity contribution in [3.63, 3.8) is 0 Å². The van der Waals surface area contributed by atoms with Gasteiger partial charge in [0.15, 0.2) is 0 Å². The molecule has 1 aromatic carbocycles. The second-order valence-electron chi connectivity index (χ2n) is 4.89. The summed E-state index contributed by atoms with van der Waals surface area (Å²) in [6, 6.07) is 12.5. The van der Waals surface area contributed by atoms with Gasteiger partial charge in [-0.3, -0.25) is 0 Å². The van der Waals surface area contributed by atoms with E-state index in [4.69, 9.17) is 14.4 Å². The van der Waals surface area contributed by atoms with Crippen LogP contribution in [0.25, 0.3) is 11.4 Å². The molecular weight excluding hydrogens is 310 g/mol. The van der Waals surface area contributed by atoms with Crippen molar-refractivity contribution in [3.05, 3.63) is 66.7 Å². The Kier molecular flexibility index (Phi) is 4.33. The first kappa shape index (κ1) is 15.4. The molecule has 0 aliphatic rings. The molecule has 0 fully saturated rings. The maximum absolute atomic E-state index is 10.8. The fourth-order valence-corrected chi connectivity index (χ4v) is 1.90. The number of aliphatic carboxylic acids is 1. The van der Waals surface area contributed by atoms with Gasteiger partial charge in [-0.15, -0.1) is 0 Å². The van der Waals surface area contributed by atoms with Crippen LogP contribution >= 0.6 is 0 Å². The average molecular weight is 323 g/mol. The second kappa shape index (κ2) is 6.74. The van der Waals surface area contributed by atoms with E-state index in [9.17, 15) is 4.79 Å². The molecule has 120 valence electrons. The number of carbonyl (C=O) groups is 1. The van der Waals surface area contributed by atoms with E-state index in [2.05, 4.69) is 21.7 Å². The second-order valence-corrected chi connectivity index (χ2v) is 4.89. The monoisotopic (exact) mass is 323 g/mol. The molecule has 0 saturated heterocycles. The lowest BCUT2D eigenvalue weighted by Crippen LogP contribution is -2.02. The normalized spacial score (nSPS) is 10.3. The van der Waals surface area contributed by atoms with Gasteiger partial charge in [-0.25, -0.2) is 9.78 Å². The maximum Gasteiger partial charge on any atom is 0.331 e. The van der Waals surface area contributed by atoms with Crippen molar-refractivity contribution in [2.24, 2.45) is 0 Å². The molecule has 2 aromatic heterocycles. The van der Waals surface area contributed by atoms with Gasteiger partial charge in [0.2, 0.25) is 17.6 Å². The first-order chi connectivity index (χ1) is 11.6. The van der Waals surface area contributed by atoms with Gasteiger partial charge < -0.3 is 14.4 Å². The maximum atomic E-state index is 10.8. The van der Waals surface area contributed by atoms with Crippen molar-refractivity contribution >= 4 is 5.97 Å². The molecule has 0 aliphatic heterocycles. The summed E-state index contributed by atoms with van der Waals surface area (Å²) in [6.07, 6.45) is 1.65. The third-order valence-corrected chi connectivity index (χ3v) is 3.11. The largest absolute Gasteiger partial charge is 0.478 e. The zero-order chi connectivity index (χ0) is 16.9. The Labute approximate surface area is 137 Å². The van der Waals surface area contributed by atoms with E-state index < -0.39 is 5.97 Å². The van der Waals surface area contributed by atoms with Crippen LogP contribution in [-0.2, 0) is 11.2 Å². The molecule has 0 bridgehead atoms. The molecule has 0 saturated carbocycles. The van der Waals surface area contributed by atoms with Crippen molar-refractivity contribution in [2.75, 3.05) is 0 Å². The van der Waals surface area contributed by atoms with Crippen LogP contribution in [0.5, 0.6) is 11.6 Å². The molecule has 0 spiro atoms. The summed E-state index contributed by atoms with van der Waals surface area (Å²) in [7, 11) is 0. The first-order valence-electron chi connectivity index (χ1n) is 7.05.